The van der Waals surface area contributed by atoms with Gasteiger partial charge in [0.15, 0.2) is 0 Å². The molecular weight excluding hydrogens is 653 g/mol. The minimum Gasteiger partial charge on any atom is -0.352 e. The van der Waals surface area contributed by atoms with Gasteiger partial charge in [0, 0.05) is 37.0 Å². The molecule has 0 bridgehead atoms. The number of aryl methyl sites for hydroxylation is 1. The summed E-state index contributed by atoms with van der Waals surface area (Å²) >= 11 is 18.7. The Morgan fingerprint density at radius 3 is 2.29 bits per heavy atom. The molecule has 0 saturated heterocycles. The molecule has 4 rings (SSSR count). The highest BCUT2D eigenvalue weighted by Gasteiger charge is 2.32. The van der Waals surface area contributed by atoms with Crippen LogP contribution in [-0.4, -0.2) is 50.0 Å². The highest BCUT2D eigenvalue weighted by Crippen LogP contribution is 2.28. The fourth-order valence-electron chi connectivity index (χ4n) is 5.77. The summed E-state index contributed by atoms with van der Waals surface area (Å²) in [4.78, 5) is 29.7. The molecule has 1 N–H and O–H groups in total. The summed E-state index contributed by atoms with van der Waals surface area (Å²) in [5.41, 5.74) is 2.88. The van der Waals surface area contributed by atoms with Crippen LogP contribution in [0.25, 0.3) is 0 Å². The van der Waals surface area contributed by atoms with Crippen LogP contribution in [0, 0.1) is 6.92 Å². The zero-order valence-corrected chi connectivity index (χ0v) is 28.7. The van der Waals surface area contributed by atoms with E-state index in [1.54, 1.807) is 41.3 Å². The van der Waals surface area contributed by atoms with Crippen LogP contribution in [0.4, 0.5) is 5.69 Å². The first kappa shape index (κ1) is 35.1. The maximum Gasteiger partial charge on any atom is 0.243 e. The molecule has 3 aromatic rings. The molecule has 242 valence electrons. The third-order valence-electron chi connectivity index (χ3n) is 8.15. The number of benzene rings is 3. The van der Waals surface area contributed by atoms with Crippen molar-refractivity contribution in [3.8, 4) is 0 Å². The van der Waals surface area contributed by atoms with Crippen molar-refractivity contribution in [2.24, 2.45) is 0 Å². The molecule has 7 nitrogen and oxygen atoms in total. The van der Waals surface area contributed by atoms with Crippen molar-refractivity contribution >= 4 is 62.3 Å². The molecule has 1 fully saturated rings. The summed E-state index contributed by atoms with van der Waals surface area (Å²) < 4.78 is 26.9. The van der Waals surface area contributed by atoms with E-state index in [-0.39, 0.29) is 43.8 Å². The van der Waals surface area contributed by atoms with Gasteiger partial charge in [0.25, 0.3) is 0 Å². The zero-order valence-electron chi connectivity index (χ0n) is 25.6. The van der Waals surface area contributed by atoms with Gasteiger partial charge in [-0.15, -0.1) is 0 Å². The highest BCUT2D eigenvalue weighted by atomic mass is 35.5. The molecule has 1 aliphatic carbocycles. The van der Waals surface area contributed by atoms with E-state index < -0.39 is 16.1 Å². The third kappa shape index (κ3) is 10.1. The normalized spacial score (nSPS) is 14.5. The number of rotatable bonds is 13. The van der Waals surface area contributed by atoms with Gasteiger partial charge in [0.05, 0.1) is 22.0 Å². The Morgan fingerprint density at radius 2 is 1.62 bits per heavy atom. The molecule has 1 atom stereocenters. The van der Waals surface area contributed by atoms with Gasteiger partial charge < -0.3 is 10.2 Å². The van der Waals surface area contributed by atoms with E-state index in [1.165, 1.54) is 4.31 Å². The second kappa shape index (κ2) is 16.2. The number of anilines is 1. The molecule has 3 aromatic carbocycles. The Bertz CT molecular complexity index is 1580. The van der Waals surface area contributed by atoms with Crippen molar-refractivity contribution in [1.82, 2.24) is 10.2 Å². The molecule has 45 heavy (non-hydrogen) atoms. The zero-order chi connectivity index (χ0) is 32.6. The molecule has 2 amide bonds. The van der Waals surface area contributed by atoms with Crippen LogP contribution in [0.15, 0.2) is 66.7 Å². The number of halogens is 3. The molecule has 0 unspecified atom stereocenters. The summed E-state index contributed by atoms with van der Waals surface area (Å²) in [6.45, 7) is 2.02. The van der Waals surface area contributed by atoms with Gasteiger partial charge >= 0.3 is 0 Å². The van der Waals surface area contributed by atoms with E-state index in [4.69, 9.17) is 34.8 Å². The van der Waals surface area contributed by atoms with E-state index in [9.17, 15) is 18.0 Å². The first-order chi connectivity index (χ1) is 21.4. The van der Waals surface area contributed by atoms with Crippen molar-refractivity contribution in [2.45, 2.75) is 76.9 Å². The van der Waals surface area contributed by atoms with Crippen LogP contribution in [0.5, 0.6) is 0 Å². The van der Waals surface area contributed by atoms with Crippen LogP contribution in [0.3, 0.4) is 0 Å². The van der Waals surface area contributed by atoms with Crippen LogP contribution in [-0.2, 0) is 32.6 Å². The molecule has 0 heterocycles. The number of hydrogen-bond acceptors (Lipinski definition) is 4. The van der Waals surface area contributed by atoms with E-state index in [0.717, 1.165) is 55.1 Å². The first-order valence-electron chi connectivity index (χ1n) is 15.2. The molecule has 0 radical (unpaired) electrons. The van der Waals surface area contributed by atoms with Crippen molar-refractivity contribution in [3.63, 3.8) is 0 Å². The van der Waals surface area contributed by atoms with Crippen molar-refractivity contribution < 1.29 is 18.0 Å². The van der Waals surface area contributed by atoms with E-state index >= 15 is 0 Å². The standard InChI is InChI=1S/C34H40Cl3N3O4S/c1-24-15-17-27(35)22-31(24)40(45(2,43)44)19-9-14-33(41)39(23-26-16-18-29(36)30(37)20-26)32(21-25-10-5-3-6-11-25)34(42)38-28-12-7-4-8-13-28/h3,5-6,10-11,15-18,20,22,28,32H,4,7-9,12-14,19,21,23H2,1-2H3,(H,38,42)/t32-/m1/s1. The number of carbonyl (C=O) groups excluding carboxylic acids is 2. The Labute approximate surface area is 281 Å². The quantitative estimate of drug-likeness (QED) is 0.200. The lowest BCUT2D eigenvalue weighted by atomic mass is 9.94. The molecule has 11 heteroatoms. The first-order valence-corrected chi connectivity index (χ1v) is 18.2. The number of nitrogens with zero attached hydrogens (tertiary/aromatic N) is 2. The lowest BCUT2D eigenvalue weighted by Crippen LogP contribution is -2.53. The maximum atomic E-state index is 14.1. The lowest BCUT2D eigenvalue weighted by Gasteiger charge is -2.34. The van der Waals surface area contributed by atoms with Crippen LogP contribution in [0.2, 0.25) is 15.1 Å². The maximum absolute atomic E-state index is 14.1. The van der Waals surface area contributed by atoms with Crippen LogP contribution >= 0.6 is 34.8 Å². The molecule has 0 aromatic heterocycles. The lowest BCUT2D eigenvalue weighted by molar-refractivity contribution is -0.141. The SMILES string of the molecule is Cc1ccc(Cl)cc1N(CCCC(=O)N(Cc1ccc(Cl)c(Cl)c1)[C@H](Cc1ccccc1)C(=O)NC1CCCCC1)S(C)(=O)=O. The van der Waals surface area contributed by atoms with Gasteiger partial charge in [-0.3, -0.25) is 13.9 Å². The van der Waals surface area contributed by atoms with Crippen LogP contribution in [0.1, 0.15) is 61.6 Å². The Hall–Kier alpha value is -2.78. The fourth-order valence-corrected chi connectivity index (χ4v) is 7.27. The van der Waals surface area contributed by atoms with Gasteiger partial charge in [0.2, 0.25) is 21.8 Å². The second-order valence-electron chi connectivity index (χ2n) is 11.7. The average Bonchev–Trinajstić information content (AvgIpc) is 3.00. The van der Waals surface area contributed by atoms with Gasteiger partial charge in [0.1, 0.15) is 6.04 Å². The number of carbonyl (C=O) groups is 2. The number of nitrogens with one attached hydrogen (secondary N) is 1. The number of sulfonamides is 1. The Kier molecular flexibility index (Phi) is 12.6. The summed E-state index contributed by atoms with van der Waals surface area (Å²) in [5.74, 6) is -0.469. The summed E-state index contributed by atoms with van der Waals surface area (Å²) in [6, 6.07) is 19.1. The minimum atomic E-state index is -3.66. The number of hydrogen-bond donors (Lipinski definition) is 1. The van der Waals surface area contributed by atoms with Crippen LogP contribution < -0.4 is 9.62 Å². The minimum absolute atomic E-state index is 0.0228. The van der Waals surface area contributed by atoms with E-state index in [1.807, 2.05) is 37.3 Å². The molecule has 0 aliphatic heterocycles. The molecule has 0 spiro atoms. The topological polar surface area (TPSA) is 86.8 Å². The molecule has 1 aliphatic rings. The summed E-state index contributed by atoms with van der Waals surface area (Å²) in [7, 11) is -3.66. The van der Waals surface area contributed by atoms with Crippen molar-refractivity contribution in [1.29, 1.82) is 0 Å². The molecular formula is C34H40Cl3N3O4S. The van der Waals surface area contributed by atoms with E-state index in [2.05, 4.69) is 5.32 Å². The Morgan fingerprint density at radius 1 is 0.911 bits per heavy atom. The van der Waals surface area contributed by atoms with E-state index in [0.29, 0.717) is 27.2 Å². The molecule has 1 saturated carbocycles. The predicted octanol–water partition coefficient (Wildman–Crippen LogP) is 7.59. The van der Waals surface area contributed by atoms with Gasteiger partial charge in [-0.1, -0.05) is 96.5 Å². The van der Waals surface area contributed by atoms with Crippen molar-refractivity contribution in [3.05, 3.63) is 98.5 Å². The smallest absolute Gasteiger partial charge is 0.243 e. The Balaban J connectivity index is 1.62. The average molecular weight is 693 g/mol. The summed E-state index contributed by atoms with van der Waals surface area (Å²) in [5, 5.41) is 4.40. The van der Waals surface area contributed by atoms with Gasteiger partial charge in [-0.05, 0) is 67.1 Å². The van der Waals surface area contributed by atoms with Crippen molar-refractivity contribution in [2.75, 3.05) is 17.1 Å². The summed E-state index contributed by atoms with van der Waals surface area (Å²) in [6.07, 6.45) is 6.81. The number of amides is 2. The third-order valence-corrected chi connectivity index (χ3v) is 10.3. The second-order valence-corrected chi connectivity index (χ2v) is 14.8. The van der Waals surface area contributed by atoms with Gasteiger partial charge in [-0.2, -0.15) is 0 Å². The monoisotopic (exact) mass is 691 g/mol. The predicted molar refractivity (Wildman–Crippen MR) is 184 cm³/mol. The fraction of sp³-hybridized carbons (Fsp3) is 0.412. The largest absolute Gasteiger partial charge is 0.352 e. The highest BCUT2D eigenvalue weighted by molar-refractivity contribution is 7.92. The van der Waals surface area contributed by atoms with Gasteiger partial charge in [-0.25, -0.2) is 8.42 Å².